The maximum Gasteiger partial charge on any atom is 0.315 e. The highest BCUT2D eigenvalue weighted by Gasteiger charge is 2.12. The molecule has 2 amide bonds. The predicted molar refractivity (Wildman–Crippen MR) is 95.4 cm³/mol. The van der Waals surface area contributed by atoms with Gasteiger partial charge in [0, 0.05) is 50.7 Å². The van der Waals surface area contributed by atoms with Crippen molar-refractivity contribution in [2.45, 2.75) is 13.0 Å². The summed E-state index contributed by atoms with van der Waals surface area (Å²) in [5, 5.41) is 5.67. The maximum atomic E-state index is 11.8. The number of anilines is 1. The van der Waals surface area contributed by atoms with E-state index in [0.29, 0.717) is 19.5 Å². The van der Waals surface area contributed by atoms with Crippen molar-refractivity contribution in [3.8, 4) is 0 Å². The van der Waals surface area contributed by atoms with Crippen LogP contribution < -0.4 is 15.5 Å². The van der Waals surface area contributed by atoms with Crippen LogP contribution in [0.4, 0.5) is 10.6 Å². The highest BCUT2D eigenvalue weighted by Crippen LogP contribution is 2.12. The van der Waals surface area contributed by atoms with Crippen molar-refractivity contribution in [3.63, 3.8) is 0 Å². The Balaban J connectivity index is 1.38. The van der Waals surface area contributed by atoms with E-state index < -0.39 is 0 Å². The van der Waals surface area contributed by atoms with Crippen molar-refractivity contribution in [1.29, 1.82) is 0 Å². The van der Waals surface area contributed by atoms with Crippen molar-refractivity contribution >= 4 is 11.8 Å². The SMILES string of the molecule is O=C(NCCc1ccccn1)NCc1ccc(N2CCOCC2)nc1. The lowest BCUT2D eigenvalue weighted by atomic mass is 10.2. The van der Waals surface area contributed by atoms with Gasteiger partial charge in [0.1, 0.15) is 5.82 Å². The van der Waals surface area contributed by atoms with Gasteiger partial charge in [0.05, 0.1) is 13.2 Å². The molecule has 0 bridgehead atoms. The summed E-state index contributed by atoms with van der Waals surface area (Å²) < 4.78 is 5.34. The topological polar surface area (TPSA) is 79.4 Å². The largest absolute Gasteiger partial charge is 0.378 e. The second-order valence-corrected chi connectivity index (χ2v) is 5.80. The number of ether oxygens (including phenoxy) is 1. The van der Waals surface area contributed by atoms with Crippen LogP contribution in [0.25, 0.3) is 0 Å². The Kier molecular flexibility index (Phi) is 6.17. The highest BCUT2D eigenvalue weighted by atomic mass is 16.5. The van der Waals surface area contributed by atoms with Gasteiger partial charge in [0.2, 0.25) is 0 Å². The van der Waals surface area contributed by atoms with Crippen LogP contribution in [0.3, 0.4) is 0 Å². The first-order valence-electron chi connectivity index (χ1n) is 8.50. The second-order valence-electron chi connectivity index (χ2n) is 5.80. The van der Waals surface area contributed by atoms with E-state index in [-0.39, 0.29) is 6.03 Å². The second kappa shape index (κ2) is 8.98. The molecule has 0 saturated carbocycles. The molecule has 1 aliphatic heterocycles. The summed E-state index contributed by atoms with van der Waals surface area (Å²) in [5.74, 6) is 0.951. The van der Waals surface area contributed by atoms with Crippen LogP contribution in [0.1, 0.15) is 11.3 Å². The zero-order chi connectivity index (χ0) is 17.3. The molecular weight excluding hydrogens is 318 g/mol. The van der Waals surface area contributed by atoms with Gasteiger partial charge in [0.25, 0.3) is 0 Å². The number of carbonyl (C=O) groups excluding carboxylic acids is 1. The molecule has 25 heavy (non-hydrogen) atoms. The monoisotopic (exact) mass is 341 g/mol. The molecular formula is C18H23N5O2. The van der Waals surface area contributed by atoms with Gasteiger partial charge in [0.15, 0.2) is 0 Å². The molecule has 1 saturated heterocycles. The van der Waals surface area contributed by atoms with Gasteiger partial charge in [-0.2, -0.15) is 0 Å². The minimum Gasteiger partial charge on any atom is -0.378 e. The van der Waals surface area contributed by atoms with Gasteiger partial charge in [-0.05, 0) is 23.8 Å². The van der Waals surface area contributed by atoms with Gasteiger partial charge in [-0.1, -0.05) is 12.1 Å². The average Bonchev–Trinajstić information content (AvgIpc) is 2.68. The zero-order valence-electron chi connectivity index (χ0n) is 14.1. The van der Waals surface area contributed by atoms with Crippen molar-refractivity contribution in [1.82, 2.24) is 20.6 Å². The lowest BCUT2D eigenvalue weighted by molar-refractivity contribution is 0.122. The minimum absolute atomic E-state index is 0.187. The van der Waals surface area contributed by atoms with Crippen LogP contribution in [0.2, 0.25) is 0 Å². The van der Waals surface area contributed by atoms with E-state index in [1.807, 2.05) is 30.3 Å². The normalized spacial score (nSPS) is 14.2. The quantitative estimate of drug-likeness (QED) is 0.829. The molecule has 0 unspecified atom stereocenters. The maximum absolute atomic E-state index is 11.8. The number of nitrogens with zero attached hydrogens (tertiary/aromatic N) is 3. The molecule has 7 nitrogen and oxygen atoms in total. The molecule has 0 aliphatic carbocycles. The molecule has 0 radical (unpaired) electrons. The smallest absolute Gasteiger partial charge is 0.315 e. The number of hydrogen-bond donors (Lipinski definition) is 2. The summed E-state index contributed by atoms with van der Waals surface area (Å²) in [6, 6.07) is 9.56. The predicted octanol–water partition coefficient (Wildman–Crippen LogP) is 1.36. The lowest BCUT2D eigenvalue weighted by Gasteiger charge is -2.27. The first-order chi connectivity index (χ1) is 12.3. The Bertz CT molecular complexity index is 657. The third-order valence-corrected chi connectivity index (χ3v) is 3.99. The van der Waals surface area contributed by atoms with Gasteiger partial charge in [-0.3, -0.25) is 4.98 Å². The molecule has 7 heteroatoms. The number of pyridine rings is 2. The van der Waals surface area contributed by atoms with Crippen molar-refractivity contribution < 1.29 is 9.53 Å². The van der Waals surface area contributed by atoms with E-state index >= 15 is 0 Å². The number of hydrogen-bond acceptors (Lipinski definition) is 5. The number of urea groups is 1. The minimum atomic E-state index is -0.187. The van der Waals surface area contributed by atoms with E-state index in [2.05, 4.69) is 25.5 Å². The summed E-state index contributed by atoms with van der Waals surface area (Å²) >= 11 is 0. The lowest BCUT2D eigenvalue weighted by Crippen LogP contribution is -2.37. The van der Waals surface area contributed by atoms with E-state index in [1.165, 1.54) is 0 Å². The number of carbonyl (C=O) groups is 1. The highest BCUT2D eigenvalue weighted by molar-refractivity contribution is 5.73. The van der Waals surface area contributed by atoms with Crippen molar-refractivity contribution in [2.75, 3.05) is 37.7 Å². The fourth-order valence-electron chi connectivity index (χ4n) is 2.60. The molecule has 2 aromatic rings. The summed E-state index contributed by atoms with van der Waals surface area (Å²) in [4.78, 5) is 22.7. The Labute approximate surface area is 147 Å². The molecule has 0 atom stereocenters. The summed E-state index contributed by atoms with van der Waals surface area (Å²) in [5.41, 5.74) is 1.93. The third kappa shape index (κ3) is 5.42. The Morgan fingerprint density at radius 3 is 2.72 bits per heavy atom. The Hall–Kier alpha value is -2.67. The average molecular weight is 341 g/mol. The van der Waals surface area contributed by atoms with Crippen molar-refractivity contribution in [3.05, 3.63) is 54.0 Å². The molecule has 132 valence electrons. The Morgan fingerprint density at radius 2 is 2.00 bits per heavy atom. The number of amides is 2. The van der Waals surface area contributed by atoms with Crippen molar-refractivity contribution in [2.24, 2.45) is 0 Å². The molecule has 0 spiro atoms. The molecule has 2 aromatic heterocycles. The third-order valence-electron chi connectivity index (χ3n) is 3.99. The zero-order valence-corrected chi connectivity index (χ0v) is 14.1. The number of aromatic nitrogens is 2. The molecule has 3 heterocycles. The van der Waals surface area contributed by atoms with Gasteiger partial charge in [-0.15, -0.1) is 0 Å². The van der Waals surface area contributed by atoms with Crippen LogP contribution in [0, 0.1) is 0 Å². The van der Waals surface area contributed by atoms with Crippen LogP contribution in [0.5, 0.6) is 0 Å². The first-order valence-corrected chi connectivity index (χ1v) is 8.50. The van der Waals surface area contributed by atoms with E-state index in [4.69, 9.17) is 4.74 Å². The van der Waals surface area contributed by atoms with Crippen LogP contribution >= 0.6 is 0 Å². The van der Waals surface area contributed by atoms with Crippen LogP contribution in [-0.4, -0.2) is 48.8 Å². The molecule has 1 fully saturated rings. The number of morpholine rings is 1. The molecule has 3 rings (SSSR count). The standard InChI is InChI=1S/C18H23N5O2/c24-18(20-8-6-16-3-1-2-7-19-16)22-14-15-4-5-17(21-13-15)23-9-11-25-12-10-23/h1-5,7,13H,6,8-12,14H2,(H2,20,22,24). The van der Waals surface area contributed by atoms with E-state index in [0.717, 1.165) is 43.4 Å². The summed E-state index contributed by atoms with van der Waals surface area (Å²) in [6.07, 6.45) is 4.27. The summed E-state index contributed by atoms with van der Waals surface area (Å²) in [6.45, 7) is 4.21. The molecule has 2 N–H and O–H groups in total. The number of rotatable bonds is 6. The van der Waals surface area contributed by atoms with Crippen LogP contribution in [0.15, 0.2) is 42.7 Å². The Morgan fingerprint density at radius 1 is 1.12 bits per heavy atom. The fraction of sp³-hybridized carbons (Fsp3) is 0.389. The van der Waals surface area contributed by atoms with Gasteiger partial charge in [-0.25, -0.2) is 9.78 Å². The molecule has 1 aliphatic rings. The first kappa shape index (κ1) is 17.2. The van der Waals surface area contributed by atoms with Gasteiger partial charge < -0.3 is 20.3 Å². The van der Waals surface area contributed by atoms with E-state index in [9.17, 15) is 4.79 Å². The fourth-order valence-corrected chi connectivity index (χ4v) is 2.60. The van der Waals surface area contributed by atoms with Crippen LogP contribution in [-0.2, 0) is 17.7 Å². The van der Waals surface area contributed by atoms with Gasteiger partial charge >= 0.3 is 6.03 Å². The number of nitrogens with one attached hydrogen (secondary N) is 2. The molecule has 0 aromatic carbocycles. The summed E-state index contributed by atoms with van der Waals surface area (Å²) in [7, 11) is 0. The van der Waals surface area contributed by atoms with E-state index in [1.54, 1.807) is 12.4 Å².